The van der Waals surface area contributed by atoms with Crippen molar-refractivity contribution in [2.45, 2.75) is 31.8 Å². The second kappa shape index (κ2) is 5.27. The molecule has 1 aliphatic heterocycles. The molecule has 2 rings (SSSR count). The Kier molecular flexibility index (Phi) is 3.73. The van der Waals surface area contributed by atoms with E-state index in [2.05, 4.69) is 10.4 Å². The molecule has 0 spiro atoms. The number of nitrogens with two attached hydrogens (primary N) is 1. The maximum Gasteiger partial charge on any atom is 0.266 e. The molecule has 5 nitrogen and oxygen atoms in total. The number of carbonyl (C=O) groups excluding carboxylic acids is 1. The van der Waals surface area contributed by atoms with Gasteiger partial charge in [0.05, 0.1) is 18.3 Å². The minimum absolute atomic E-state index is 0.0744. The lowest BCUT2D eigenvalue weighted by Crippen LogP contribution is -2.27. The molecule has 0 aliphatic carbocycles. The fraction of sp³-hybridized carbons (Fsp3) is 0.636. The van der Waals surface area contributed by atoms with Crippen LogP contribution in [0.3, 0.4) is 0 Å². The van der Waals surface area contributed by atoms with E-state index in [0.717, 1.165) is 31.5 Å². The lowest BCUT2D eigenvalue weighted by molar-refractivity contribution is 0.0989. The summed E-state index contributed by atoms with van der Waals surface area (Å²) in [5.74, 6) is -0.562. The maximum absolute atomic E-state index is 12.3. The molecule has 1 aromatic rings. The quantitative estimate of drug-likeness (QED) is 0.816. The highest BCUT2D eigenvalue weighted by Gasteiger charge is 2.20. The Bertz CT molecular complexity index is 398. The van der Waals surface area contributed by atoms with Crippen LogP contribution in [0.25, 0.3) is 0 Å². The molecule has 17 heavy (non-hydrogen) atoms. The van der Waals surface area contributed by atoms with Gasteiger partial charge >= 0.3 is 0 Å². The van der Waals surface area contributed by atoms with Gasteiger partial charge in [-0.3, -0.25) is 9.48 Å². The van der Waals surface area contributed by atoms with E-state index in [4.69, 9.17) is 5.73 Å². The van der Waals surface area contributed by atoms with Crippen molar-refractivity contribution in [1.82, 2.24) is 15.1 Å². The molecular weight excluding hydrogens is 223 g/mol. The summed E-state index contributed by atoms with van der Waals surface area (Å²) in [5, 5.41) is 7.59. The monoisotopic (exact) mass is 240 g/mol. The highest BCUT2D eigenvalue weighted by Crippen LogP contribution is 2.22. The van der Waals surface area contributed by atoms with Gasteiger partial charge in [-0.1, -0.05) is 6.42 Å². The molecule has 2 heterocycles. The molecule has 1 saturated heterocycles. The van der Waals surface area contributed by atoms with Crippen molar-refractivity contribution in [2.75, 3.05) is 13.2 Å². The van der Waals surface area contributed by atoms with Crippen LogP contribution in [-0.2, 0) is 6.54 Å². The summed E-state index contributed by atoms with van der Waals surface area (Å²) in [6.45, 7) is 0.469. The first-order chi connectivity index (χ1) is 8.22. The topological polar surface area (TPSA) is 72.9 Å². The molecule has 3 N–H and O–H groups in total. The number of nitrogens with zero attached hydrogens (tertiary/aromatic N) is 2. The van der Waals surface area contributed by atoms with Crippen LogP contribution >= 0.6 is 0 Å². The van der Waals surface area contributed by atoms with Crippen molar-refractivity contribution in [2.24, 2.45) is 5.73 Å². The van der Waals surface area contributed by atoms with E-state index in [1.165, 1.54) is 4.68 Å². The predicted molar refractivity (Wildman–Crippen MR) is 61.3 cm³/mol. The molecule has 0 saturated carbocycles. The Hall–Kier alpha value is -1.43. The van der Waals surface area contributed by atoms with Gasteiger partial charge in [-0.05, 0) is 25.5 Å². The van der Waals surface area contributed by atoms with Crippen molar-refractivity contribution >= 4 is 5.91 Å². The van der Waals surface area contributed by atoms with Gasteiger partial charge in [0.1, 0.15) is 12.4 Å². The lowest BCUT2D eigenvalue weighted by atomic mass is 10.0. The molecule has 0 aromatic carbocycles. The number of amides is 1. The predicted octanol–water partition coefficient (Wildman–Crippen LogP) is 0.766. The van der Waals surface area contributed by atoms with Gasteiger partial charge in [-0.25, -0.2) is 4.39 Å². The van der Waals surface area contributed by atoms with Crippen LogP contribution in [0.15, 0.2) is 6.07 Å². The fourth-order valence-electron chi connectivity index (χ4n) is 2.16. The molecule has 6 heteroatoms. The molecule has 1 unspecified atom stereocenters. The van der Waals surface area contributed by atoms with Crippen molar-refractivity contribution in [3.05, 3.63) is 17.5 Å². The average Bonchev–Trinajstić information content (AvgIpc) is 2.75. The first-order valence-corrected chi connectivity index (χ1v) is 5.89. The zero-order valence-corrected chi connectivity index (χ0v) is 9.66. The Labute approximate surface area is 99.2 Å². The first-order valence-electron chi connectivity index (χ1n) is 5.89. The zero-order chi connectivity index (χ0) is 12.3. The Morgan fingerprint density at radius 3 is 3.06 bits per heavy atom. The van der Waals surface area contributed by atoms with Gasteiger partial charge in [0.2, 0.25) is 0 Å². The first kappa shape index (κ1) is 12.0. The van der Waals surface area contributed by atoms with Gasteiger partial charge < -0.3 is 11.1 Å². The second-order valence-electron chi connectivity index (χ2n) is 4.23. The summed E-state index contributed by atoms with van der Waals surface area (Å²) in [5.41, 5.74) is 6.31. The number of primary amides is 1. The number of rotatable bonds is 4. The SMILES string of the molecule is NC(=O)c1cc(C2CCCCN2)nn1CCF. The fourth-order valence-corrected chi connectivity index (χ4v) is 2.16. The summed E-state index contributed by atoms with van der Waals surface area (Å²) < 4.78 is 13.7. The Balaban J connectivity index is 2.22. The third kappa shape index (κ3) is 2.63. The number of aromatic nitrogens is 2. The van der Waals surface area contributed by atoms with Gasteiger partial charge in [0.15, 0.2) is 0 Å². The van der Waals surface area contributed by atoms with Crippen LogP contribution in [-0.4, -0.2) is 28.9 Å². The van der Waals surface area contributed by atoms with Crippen molar-refractivity contribution in [3.8, 4) is 0 Å². The van der Waals surface area contributed by atoms with Gasteiger partial charge in [0.25, 0.3) is 5.91 Å². The van der Waals surface area contributed by atoms with Crippen LogP contribution in [0.4, 0.5) is 4.39 Å². The smallest absolute Gasteiger partial charge is 0.266 e. The molecule has 0 bridgehead atoms. The molecule has 1 aliphatic rings. The van der Waals surface area contributed by atoms with E-state index >= 15 is 0 Å². The summed E-state index contributed by atoms with van der Waals surface area (Å²) in [7, 11) is 0. The van der Waals surface area contributed by atoms with E-state index in [9.17, 15) is 9.18 Å². The average molecular weight is 240 g/mol. The van der Waals surface area contributed by atoms with Crippen LogP contribution in [0.2, 0.25) is 0 Å². The largest absolute Gasteiger partial charge is 0.364 e. The van der Waals surface area contributed by atoms with E-state index < -0.39 is 12.6 Å². The highest BCUT2D eigenvalue weighted by atomic mass is 19.1. The number of nitrogens with one attached hydrogen (secondary N) is 1. The summed E-state index contributed by atoms with van der Waals surface area (Å²) >= 11 is 0. The molecule has 1 amide bonds. The number of aryl methyl sites for hydroxylation is 1. The Morgan fingerprint density at radius 2 is 2.47 bits per heavy atom. The number of hydrogen-bond acceptors (Lipinski definition) is 3. The van der Waals surface area contributed by atoms with E-state index in [0.29, 0.717) is 0 Å². The molecule has 1 fully saturated rings. The van der Waals surface area contributed by atoms with E-state index in [1.54, 1.807) is 6.07 Å². The standard InChI is InChI=1S/C11H17FN4O/c12-4-6-16-10(11(13)17)7-9(15-16)8-3-1-2-5-14-8/h7-8,14H,1-6H2,(H2,13,17). The van der Waals surface area contributed by atoms with E-state index in [1.807, 2.05) is 0 Å². The summed E-state index contributed by atoms with van der Waals surface area (Å²) in [6, 6.07) is 1.82. The molecule has 94 valence electrons. The summed E-state index contributed by atoms with van der Waals surface area (Å²) in [4.78, 5) is 11.2. The van der Waals surface area contributed by atoms with Crippen molar-refractivity contribution in [3.63, 3.8) is 0 Å². The number of alkyl halides is 1. The van der Waals surface area contributed by atoms with Gasteiger partial charge in [-0.2, -0.15) is 5.10 Å². The molecular formula is C11H17FN4O. The molecule has 0 radical (unpaired) electrons. The van der Waals surface area contributed by atoms with Crippen LogP contribution < -0.4 is 11.1 Å². The Morgan fingerprint density at radius 1 is 1.65 bits per heavy atom. The van der Waals surface area contributed by atoms with Crippen molar-refractivity contribution < 1.29 is 9.18 Å². The zero-order valence-electron chi connectivity index (χ0n) is 9.66. The van der Waals surface area contributed by atoms with Gasteiger partial charge in [-0.15, -0.1) is 0 Å². The minimum Gasteiger partial charge on any atom is -0.364 e. The number of halogens is 1. The number of piperidine rings is 1. The molecule has 1 aromatic heterocycles. The second-order valence-corrected chi connectivity index (χ2v) is 4.23. The minimum atomic E-state index is -0.562. The van der Waals surface area contributed by atoms with Crippen LogP contribution in [0.5, 0.6) is 0 Å². The maximum atomic E-state index is 12.3. The third-order valence-electron chi connectivity index (χ3n) is 3.01. The lowest BCUT2D eigenvalue weighted by Gasteiger charge is -2.21. The van der Waals surface area contributed by atoms with Crippen LogP contribution in [0.1, 0.15) is 41.5 Å². The normalized spacial score (nSPS) is 20.4. The van der Waals surface area contributed by atoms with E-state index in [-0.39, 0.29) is 18.3 Å². The number of hydrogen-bond donors (Lipinski definition) is 2. The van der Waals surface area contributed by atoms with Crippen LogP contribution in [0, 0.1) is 0 Å². The number of carbonyl (C=O) groups is 1. The van der Waals surface area contributed by atoms with Gasteiger partial charge in [0, 0.05) is 0 Å². The van der Waals surface area contributed by atoms with Crippen molar-refractivity contribution in [1.29, 1.82) is 0 Å². The highest BCUT2D eigenvalue weighted by molar-refractivity contribution is 5.91. The molecule has 1 atom stereocenters. The third-order valence-corrected chi connectivity index (χ3v) is 3.01. The summed E-state index contributed by atoms with van der Waals surface area (Å²) in [6.07, 6.45) is 3.29.